The fourth-order valence-corrected chi connectivity index (χ4v) is 10.6. The lowest BCUT2D eigenvalue weighted by molar-refractivity contribution is -0.359. The van der Waals surface area contributed by atoms with E-state index in [1.54, 1.807) is 0 Å². The summed E-state index contributed by atoms with van der Waals surface area (Å²) in [6, 6.07) is 0. The topological polar surface area (TPSA) is 291 Å². The summed E-state index contributed by atoms with van der Waals surface area (Å²) in [5, 5.41) is 79.5. The van der Waals surface area contributed by atoms with E-state index in [0.717, 1.165) is 26.1 Å². The third kappa shape index (κ3) is 39.4. The van der Waals surface area contributed by atoms with Crippen molar-refractivity contribution in [3.8, 4) is 0 Å². The van der Waals surface area contributed by atoms with E-state index in [9.17, 15) is 35.7 Å². The largest absolute Gasteiger partial charge is 0.394 e. The van der Waals surface area contributed by atoms with Gasteiger partial charge in [0.2, 0.25) is 0 Å². The van der Waals surface area contributed by atoms with Crippen molar-refractivity contribution in [1.82, 2.24) is 0 Å². The summed E-state index contributed by atoms with van der Waals surface area (Å²) in [4.78, 5) is 0. The monoisotopic (exact) mass is 1170 g/mol. The van der Waals surface area contributed by atoms with Gasteiger partial charge in [-0.05, 0) is 25.7 Å². The van der Waals surface area contributed by atoms with Crippen LogP contribution in [0.1, 0.15) is 116 Å². The molecule has 10 atom stereocenters. The highest BCUT2D eigenvalue weighted by molar-refractivity contribution is 8.76. The fourth-order valence-electron chi connectivity index (χ4n) is 8.27. The minimum Gasteiger partial charge on any atom is -0.394 e. The normalized spacial score (nSPS) is 23.7. The van der Waals surface area contributed by atoms with Crippen LogP contribution in [-0.4, -0.2) is 272 Å². The van der Waals surface area contributed by atoms with E-state index in [1.165, 1.54) is 114 Å². The molecule has 2 aliphatic heterocycles. The van der Waals surface area contributed by atoms with Crippen molar-refractivity contribution in [2.75, 3.05) is 170 Å². The van der Waals surface area contributed by atoms with Crippen LogP contribution in [0.2, 0.25) is 0 Å². The summed E-state index contributed by atoms with van der Waals surface area (Å²) in [5.74, 6) is 2.56. The summed E-state index contributed by atoms with van der Waals surface area (Å²) in [6.07, 6.45) is 8.29. The predicted octanol–water partition coefficient (Wildman–Crippen LogP) is 3.19. The van der Waals surface area contributed by atoms with E-state index in [4.69, 9.17) is 71.4 Å². The van der Waals surface area contributed by atoms with Gasteiger partial charge >= 0.3 is 0 Å². The molecule has 78 heavy (non-hydrogen) atoms. The van der Waals surface area contributed by atoms with Crippen molar-refractivity contribution >= 4 is 21.6 Å². The zero-order valence-corrected chi connectivity index (χ0v) is 48.6. The van der Waals surface area contributed by atoms with E-state index in [2.05, 4.69) is 21.6 Å². The van der Waals surface area contributed by atoms with E-state index < -0.39 is 74.6 Å². The Labute approximate surface area is 474 Å². The molecule has 24 heteroatoms. The third-order valence-electron chi connectivity index (χ3n) is 12.8. The molecule has 22 nitrogen and oxygen atoms in total. The predicted molar refractivity (Wildman–Crippen MR) is 296 cm³/mol. The molecule has 0 amide bonds. The molecule has 0 bridgehead atoms. The second-order valence-electron chi connectivity index (χ2n) is 19.2. The minimum atomic E-state index is -1.74. The third-order valence-corrected chi connectivity index (χ3v) is 15.4. The van der Waals surface area contributed by atoms with Crippen LogP contribution < -0.4 is 0 Å². The van der Waals surface area contributed by atoms with Gasteiger partial charge in [-0.3, -0.25) is 0 Å². The van der Waals surface area contributed by atoms with Crippen molar-refractivity contribution in [1.29, 1.82) is 0 Å². The second kappa shape index (κ2) is 54.7. The van der Waals surface area contributed by atoms with Crippen LogP contribution in [0.3, 0.4) is 0 Å². The highest BCUT2D eigenvalue weighted by atomic mass is 33.1. The number of unbranched alkanes of at least 4 members (excludes halogenated alkanes) is 16. The average molecular weight is 1170 g/mol. The van der Waals surface area contributed by atoms with E-state index in [0.29, 0.717) is 106 Å². The number of ether oxygens (including phenoxy) is 14. The Morgan fingerprint density at radius 2 is 0.590 bits per heavy atom. The van der Waals surface area contributed by atoms with Crippen molar-refractivity contribution < 1.29 is 107 Å². The first-order valence-corrected chi connectivity index (χ1v) is 31.7. The van der Waals surface area contributed by atoms with E-state index in [-0.39, 0.29) is 26.4 Å². The van der Waals surface area contributed by atoms with E-state index >= 15 is 0 Å². The summed E-state index contributed by atoms with van der Waals surface area (Å²) in [6.45, 7) is 8.62. The van der Waals surface area contributed by atoms with E-state index in [1.807, 2.05) is 0 Å². The summed E-state index contributed by atoms with van der Waals surface area (Å²) >= 11 is 0. The highest BCUT2D eigenvalue weighted by Gasteiger charge is 2.50. The Morgan fingerprint density at radius 3 is 0.962 bits per heavy atom. The number of aliphatic hydroxyl groups excluding tert-OH is 8. The average Bonchev–Trinajstić information content (AvgIpc) is 3.45. The molecule has 0 saturated carbocycles. The molecule has 2 rings (SSSR count). The van der Waals surface area contributed by atoms with Crippen LogP contribution in [0.5, 0.6) is 0 Å². The van der Waals surface area contributed by atoms with Gasteiger partial charge in [-0.1, -0.05) is 111 Å². The number of rotatable bonds is 59. The quantitative estimate of drug-likeness (QED) is 0.0321. The molecule has 2 saturated heterocycles. The molecule has 466 valence electrons. The second-order valence-corrected chi connectivity index (χ2v) is 21.9. The molecule has 2 heterocycles. The molecule has 0 spiro atoms. The van der Waals surface area contributed by atoms with Crippen molar-refractivity contribution in [2.45, 2.75) is 177 Å². The summed E-state index contributed by atoms with van der Waals surface area (Å²) in [5.41, 5.74) is 0. The molecule has 0 aromatic rings. The van der Waals surface area contributed by atoms with Gasteiger partial charge < -0.3 is 107 Å². The first-order chi connectivity index (χ1) is 38.3. The van der Waals surface area contributed by atoms with Gasteiger partial charge in [-0.2, -0.15) is 0 Å². The minimum absolute atomic E-state index is 0.00823. The summed E-state index contributed by atoms with van der Waals surface area (Å²) < 4.78 is 77.0. The van der Waals surface area contributed by atoms with Crippen LogP contribution >= 0.6 is 21.6 Å². The molecule has 2 fully saturated rings. The molecule has 0 radical (unpaired) electrons. The zero-order chi connectivity index (χ0) is 56.2. The molecule has 0 aromatic carbocycles. The molecule has 2 aliphatic rings. The lowest BCUT2D eigenvalue weighted by Gasteiger charge is -2.45. The first kappa shape index (κ1) is 73.9. The van der Waals surface area contributed by atoms with Gasteiger partial charge in [0.1, 0.15) is 48.8 Å². The molecule has 0 unspecified atom stereocenters. The fraction of sp³-hybridized carbons (Fsp3) is 1.00. The first-order valence-electron chi connectivity index (χ1n) is 29.2. The lowest BCUT2D eigenvalue weighted by atomic mass is 9.97. The maximum atomic E-state index is 10.7. The van der Waals surface area contributed by atoms with Crippen LogP contribution in [-0.2, 0) is 66.3 Å². The van der Waals surface area contributed by atoms with Crippen LogP contribution in [0.15, 0.2) is 0 Å². The molecule has 8 N–H and O–H groups in total. The summed E-state index contributed by atoms with van der Waals surface area (Å²) in [7, 11) is 4.13. The lowest BCUT2D eigenvalue weighted by Crippen LogP contribution is -2.64. The van der Waals surface area contributed by atoms with Crippen molar-refractivity contribution in [2.24, 2.45) is 0 Å². The Bertz CT molecular complexity index is 1240. The van der Waals surface area contributed by atoms with Crippen LogP contribution in [0.25, 0.3) is 0 Å². The van der Waals surface area contributed by atoms with Gasteiger partial charge in [0.25, 0.3) is 0 Å². The van der Waals surface area contributed by atoms with Crippen molar-refractivity contribution in [3.05, 3.63) is 0 Å². The van der Waals surface area contributed by atoms with Gasteiger partial charge in [-0.15, -0.1) is 0 Å². The van der Waals surface area contributed by atoms with Gasteiger partial charge in [0, 0.05) is 24.7 Å². The number of hydrogen-bond donors (Lipinski definition) is 8. The molecule has 0 aliphatic carbocycles. The maximum absolute atomic E-state index is 10.7. The standard InChI is InChI=1S/C54H106O22S2/c55-19-22-65-25-28-68-31-34-69-32-29-66-26-23-63-20-15-11-7-3-1-5-9-13-17-41-77-78-42-18-14-10-6-2-4-8-12-16-21-64-24-27-67-30-33-70-35-36-71-37-38-72-39-40-73-53-51(62)49(60)52(46(44-57)75-53)76-54-50(61)48(59)47(58)45(43-56)74-54/h45-62H,1-44H2/t45-,46-,47-,48+,49-,50-,51-,52-,53-,54-/m1/s1. The van der Waals surface area contributed by atoms with Gasteiger partial charge in [0.15, 0.2) is 12.6 Å². The number of hydrogen-bond acceptors (Lipinski definition) is 24. The SMILES string of the molecule is OCCOCCOCCOCCOCCOCCCCCCCCCCCSSCCCCCCCCCCCOCCOCCOCCOCCOCCO[C@@H]1O[C@H](CO)[C@@H](O[C@H]2O[C@H](CO)[C@@H](O)[C@H](O)[C@H]2O)[C@H](O)[C@H]1O. The molecular formula is C54H106O22S2. The highest BCUT2D eigenvalue weighted by Crippen LogP contribution is 2.30. The van der Waals surface area contributed by atoms with Crippen LogP contribution in [0, 0.1) is 0 Å². The number of aliphatic hydroxyl groups is 8. The Balaban J connectivity index is 1.19. The maximum Gasteiger partial charge on any atom is 0.187 e. The molecular weight excluding hydrogens is 1060 g/mol. The van der Waals surface area contributed by atoms with Gasteiger partial charge in [-0.25, -0.2) is 0 Å². The Kier molecular flexibility index (Phi) is 51.9. The zero-order valence-electron chi connectivity index (χ0n) is 47.0. The van der Waals surface area contributed by atoms with Gasteiger partial charge in [0.05, 0.1) is 145 Å². The Hall–Kier alpha value is -0.180. The van der Waals surface area contributed by atoms with Crippen LogP contribution in [0.4, 0.5) is 0 Å². The molecule has 0 aromatic heterocycles. The Morgan fingerprint density at radius 1 is 0.282 bits per heavy atom. The smallest absolute Gasteiger partial charge is 0.187 e. The van der Waals surface area contributed by atoms with Crippen molar-refractivity contribution in [3.63, 3.8) is 0 Å².